The van der Waals surface area contributed by atoms with Gasteiger partial charge in [-0.2, -0.15) is 5.10 Å². The van der Waals surface area contributed by atoms with Crippen LogP contribution in [0.2, 0.25) is 0 Å². The van der Waals surface area contributed by atoms with Gasteiger partial charge in [-0.15, -0.1) is 0 Å². The molecule has 0 amide bonds. The molecule has 74 valence electrons. The molecule has 0 saturated carbocycles. The highest BCUT2D eigenvalue weighted by Crippen LogP contribution is 2.22. The molecule has 0 saturated heterocycles. The summed E-state index contributed by atoms with van der Waals surface area (Å²) in [5, 5.41) is 13.9. The first-order valence-electron chi connectivity index (χ1n) is 4.94. The Balaban J connectivity index is 2.88. The average molecular weight is 182 g/mol. The largest absolute Gasteiger partial charge is 0.493 e. The van der Waals surface area contributed by atoms with E-state index >= 15 is 0 Å². The fraction of sp³-hybridized carbons (Fsp3) is 0.700. The first kappa shape index (κ1) is 10.1. The van der Waals surface area contributed by atoms with Crippen LogP contribution in [0.25, 0.3) is 0 Å². The zero-order valence-electron chi connectivity index (χ0n) is 8.67. The third-order valence-electron chi connectivity index (χ3n) is 2.31. The fourth-order valence-corrected chi connectivity index (χ4v) is 1.51. The number of aromatic hydroxyl groups is 1. The summed E-state index contributed by atoms with van der Waals surface area (Å²) >= 11 is 0. The van der Waals surface area contributed by atoms with Crippen LogP contribution in [0.4, 0.5) is 0 Å². The second-order valence-corrected chi connectivity index (χ2v) is 3.33. The van der Waals surface area contributed by atoms with Crippen LogP contribution in [-0.4, -0.2) is 14.9 Å². The predicted octanol–water partition coefficient (Wildman–Crippen LogP) is 2.03. The number of rotatable bonds is 4. The lowest BCUT2D eigenvalue weighted by atomic mass is 10.1. The molecule has 0 aliphatic rings. The summed E-state index contributed by atoms with van der Waals surface area (Å²) in [5.74, 6) is 0.338. The Morgan fingerprint density at radius 3 is 2.62 bits per heavy atom. The van der Waals surface area contributed by atoms with Crippen LogP contribution in [0.5, 0.6) is 5.88 Å². The molecule has 13 heavy (non-hydrogen) atoms. The van der Waals surface area contributed by atoms with Crippen LogP contribution in [0, 0.1) is 0 Å². The standard InChI is InChI=1S/C10H18N2O/c1-4-6-7-8-9(5-2)11-12(3)10(8)13/h13H,4-7H2,1-3H3. The maximum Gasteiger partial charge on any atom is 0.212 e. The third-order valence-corrected chi connectivity index (χ3v) is 2.31. The van der Waals surface area contributed by atoms with E-state index in [1.54, 1.807) is 11.7 Å². The van der Waals surface area contributed by atoms with Crippen LogP contribution >= 0.6 is 0 Å². The van der Waals surface area contributed by atoms with E-state index in [9.17, 15) is 5.11 Å². The number of aromatic nitrogens is 2. The van der Waals surface area contributed by atoms with Crippen molar-refractivity contribution in [2.24, 2.45) is 7.05 Å². The highest BCUT2D eigenvalue weighted by Gasteiger charge is 2.12. The third kappa shape index (κ3) is 2.02. The molecule has 0 atom stereocenters. The van der Waals surface area contributed by atoms with Gasteiger partial charge in [-0.05, 0) is 19.3 Å². The highest BCUT2D eigenvalue weighted by molar-refractivity contribution is 5.30. The van der Waals surface area contributed by atoms with Gasteiger partial charge in [0.05, 0.1) is 5.69 Å². The first-order valence-corrected chi connectivity index (χ1v) is 4.94. The van der Waals surface area contributed by atoms with E-state index in [0.717, 1.165) is 36.9 Å². The van der Waals surface area contributed by atoms with Crippen molar-refractivity contribution in [1.29, 1.82) is 0 Å². The summed E-state index contributed by atoms with van der Waals surface area (Å²) in [4.78, 5) is 0. The molecule has 1 rings (SSSR count). The molecule has 0 aliphatic carbocycles. The van der Waals surface area contributed by atoms with Crippen LogP contribution in [-0.2, 0) is 19.9 Å². The summed E-state index contributed by atoms with van der Waals surface area (Å²) in [6.07, 6.45) is 4.11. The maximum absolute atomic E-state index is 9.68. The summed E-state index contributed by atoms with van der Waals surface area (Å²) in [6.45, 7) is 4.22. The van der Waals surface area contributed by atoms with E-state index in [2.05, 4.69) is 18.9 Å². The highest BCUT2D eigenvalue weighted by atomic mass is 16.3. The molecule has 0 radical (unpaired) electrons. The Bertz CT molecular complexity index is 279. The van der Waals surface area contributed by atoms with Crippen molar-refractivity contribution in [1.82, 2.24) is 9.78 Å². The zero-order valence-corrected chi connectivity index (χ0v) is 8.67. The molecule has 3 nitrogen and oxygen atoms in total. The molecular weight excluding hydrogens is 164 g/mol. The molecule has 1 aromatic heterocycles. The van der Waals surface area contributed by atoms with Crippen LogP contribution in [0.3, 0.4) is 0 Å². The van der Waals surface area contributed by atoms with E-state index in [1.165, 1.54) is 0 Å². The number of hydrogen-bond acceptors (Lipinski definition) is 2. The lowest BCUT2D eigenvalue weighted by Gasteiger charge is -1.99. The van der Waals surface area contributed by atoms with Crippen molar-refractivity contribution in [3.05, 3.63) is 11.3 Å². The molecule has 0 unspecified atom stereocenters. The number of aryl methyl sites for hydroxylation is 2. The molecule has 0 aromatic carbocycles. The smallest absolute Gasteiger partial charge is 0.212 e. The average Bonchev–Trinajstić information content (AvgIpc) is 2.40. The van der Waals surface area contributed by atoms with Crippen LogP contribution in [0.1, 0.15) is 37.9 Å². The van der Waals surface area contributed by atoms with Crippen LogP contribution in [0.15, 0.2) is 0 Å². The number of unbranched alkanes of at least 4 members (excludes halogenated alkanes) is 1. The van der Waals surface area contributed by atoms with E-state index < -0.39 is 0 Å². The van der Waals surface area contributed by atoms with Gasteiger partial charge in [-0.25, -0.2) is 4.68 Å². The monoisotopic (exact) mass is 182 g/mol. The summed E-state index contributed by atoms with van der Waals surface area (Å²) in [5.41, 5.74) is 2.07. The van der Waals surface area contributed by atoms with E-state index in [4.69, 9.17) is 0 Å². The minimum absolute atomic E-state index is 0.338. The Labute approximate surface area is 79.4 Å². The lowest BCUT2D eigenvalue weighted by molar-refractivity contribution is 0.413. The summed E-state index contributed by atoms with van der Waals surface area (Å²) in [7, 11) is 1.78. The second-order valence-electron chi connectivity index (χ2n) is 3.33. The normalized spacial score (nSPS) is 10.7. The quantitative estimate of drug-likeness (QED) is 0.773. The van der Waals surface area contributed by atoms with Crippen molar-refractivity contribution in [2.75, 3.05) is 0 Å². The first-order chi connectivity index (χ1) is 6.20. The SMILES string of the molecule is CCCCc1c(CC)nn(C)c1O. The Hall–Kier alpha value is -0.990. The maximum atomic E-state index is 9.68. The van der Waals surface area contributed by atoms with Gasteiger partial charge in [-0.3, -0.25) is 0 Å². The molecule has 1 N–H and O–H groups in total. The minimum Gasteiger partial charge on any atom is -0.493 e. The number of hydrogen-bond donors (Lipinski definition) is 1. The van der Waals surface area contributed by atoms with E-state index in [-0.39, 0.29) is 0 Å². The van der Waals surface area contributed by atoms with E-state index in [0.29, 0.717) is 5.88 Å². The molecule has 0 fully saturated rings. The van der Waals surface area contributed by atoms with Gasteiger partial charge < -0.3 is 5.11 Å². The molecule has 0 spiro atoms. The Kier molecular flexibility index (Phi) is 3.34. The summed E-state index contributed by atoms with van der Waals surface area (Å²) < 4.78 is 1.56. The van der Waals surface area contributed by atoms with Gasteiger partial charge in [-0.1, -0.05) is 20.3 Å². The summed E-state index contributed by atoms with van der Waals surface area (Å²) in [6, 6.07) is 0. The molecule has 1 aromatic rings. The molecule has 3 heteroatoms. The van der Waals surface area contributed by atoms with Gasteiger partial charge in [0.1, 0.15) is 0 Å². The van der Waals surface area contributed by atoms with Crippen molar-refractivity contribution in [2.45, 2.75) is 39.5 Å². The Morgan fingerprint density at radius 2 is 2.08 bits per heavy atom. The second kappa shape index (κ2) is 4.30. The lowest BCUT2D eigenvalue weighted by Crippen LogP contribution is -1.90. The van der Waals surface area contributed by atoms with Crippen molar-refractivity contribution in [3.63, 3.8) is 0 Å². The van der Waals surface area contributed by atoms with Crippen molar-refractivity contribution < 1.29 is 5.11 Å². The predicted molar refractivity (Wildman–Crippen MR) is 52.9 cm³/mol. The molecule has 0 bridgehead atoms. The molecule has 0 aliphatic heterocycles. The van der Waals surface area contributed by atoms with E-state index in [1.807, 2.05) is 0 Å². The zero-order chi connectivity index (χ0) is 9.84. The van der Waals surface area contributed by atoms with Crippen molar-refractivity contribution >= 4 is 0 Å². The molecule has 1 heterocycles. The van der Waals surface area contributed by atoms with Crippen LogP contribution < -0.4 is 0 Å². The van der Waals surface area contributed by atoms with Gasteiger partial charge >= 0.3 is 0 Å². The van der Waals surface area contributed by atoms with Gasteiger partial charge in [0.25, 0.3) is 0 Å². The van der Waals surface area contributed by atoms with Gasteiger partial charge in [0, 0.05) is 12.6 Å². The minimum atomic E-state index is 0.338. The van der Waals surface area contributed by atoms with Gasteiger partial charge in [0.2, 0.25) is 5.88 Å². The topological polar surface area (TPSA) is 38.0 Å². The van der Waals surface area contributed by atoms with Crippen molar-refractivity contribution in [3.8, 4) is 5.88 Å². The Morgan fingerprint density at radius 1 is 1.38 bits per heavy atom. The van der Waals surface area contributed by atoms with Gasteiger partial charge in [0.15, 0.2) is 0 Å². The number of nitrogens with zero attached hydrogens (tertiary/aromatic N) is 2. The fourth-order valence-electron chi connectivity index (χ4n) is 1.51. The molecular formula is C10H18N2O.